The van der Waals surface area contributed by atoms with Crippen LogP contribution >= 0.6 is 0 Å². The van der Waals surface area contributed by atoms with Crippen molar-refractivity contribution in [1.82, 2.24) is 15.1 Å². The summed E-state index contributed by atoms with van der Waals surface area (Å²) in [6.07, 6.45) is 0. The van der Waals surface area contributed by atoms with Crippen molar-refractivity contribution >= 4 is 0 Å². The van der Waals surface area contributed by atoms with E-state index in [1.165, 1.54) is 0 Å². The highest BCUT2D eigenvalue weighted by atomic mass is 15.3. The first-order chi connectivity index (χ1) is 7.45. The molecule has 1 fully saturated rings. The van der Waals surface area contributed by atoms with Crippen molar-refractivity contribution in [2.24, 2.45) is 0 Å². The van der Waals surface area contributed by atoms with Gasteiger partial charge >= 0.3 is 0 Å². The molecule has 1 aliphatic rings. The van der Waals surface area contributed by atoms with Gasteiger partial charge in [0.15, 0.2) is 0 Å². The molecule has 0 aromatic rings. The summed E-state index contributed by atoms with van der Waals surface area (Å²) in [5.74, 6) is 0. The Bertz CT molecular complexity index is 250. The molecule has 0 radical (unpaired) electrons. The predicted molar refractivity (Wildman–Crippen MR) is 66.2 cm³/mol. The van der Waals surface area contributed by atoms with Crippen molar-refractivity contribution in [3.8, 4) is 6.07 Å². The largest absolute Gasteiger partial charge is 0.304 e. The molecule has 1 heterocycles. The highest BCUT2D eigenvalue weighted by molar-refractivity contribution is 5.06. The number of hydrogen-bond acceptors (Lipinski definition) is 4. The fourth-order valence-corrected chi connectivity index (χ4v) is 2.20. The van der Waals surface area contributed by atoms with Gasteiger partial charge in [0.25, 0.3) is 0 Å². The molecule has 0 aliphatic carbocycles. The third-order valence-corrected chi connectivity index (χ3v) is 2.99. The van der Waals surface area contributed by atoms with Crippen molar-refractivity contribution < 1.29 is 0 Å². The zero-order valence-corrected chi connectivity index (χ0v) is 11.0. The quantitative estimate of drug-likeness (QED) is 0.756. The van der Waals surface area contributed by atoms with Gasteiger partial charge in [-0.1, -0.05) is 0 Å². The zero-order valence-electron chi connectivity index (χ0n) is 11.0. The summed E-state index contributed by atoms with van der Waals surface area (Å²) in [6.45, 7) is 11.3. The van der Waals surface area contributed by atoms with Crippen LogP contribution in [0.1, 0.15) is 20.8 Å². The number of nitrogens with one attached hydrogen (secondary N) is 1. The maximum Gasteiger partial charge on any atom is 0.116 e. The highest BCUT2D eigenvalue weighted by Crippen LogP contribution is 2.09. The van der Waals surface area contributed by atoms with E-state index in [9.17, 15) is 5.26 Å². The van der Waals surface area contributed by atoms with Crippen molar-refractivity contribution in [1.29, 1.82) is 5.26 Å². The maximum atomic E-state index is 9.27. The molecule has 1 unspecified atom stereocenters. The van der Waals surface area contributed by atoms with Gasteiger partial charge in [-0.25, -0.2) is 0 Å². The molecular weight excluding hydrogens is 200 g/mol. The number of piperazine rings is 1. The van der Waals surface area contributed by atoms with Gasteiger partial charge in [0.2, 0.25) is 0 Å². The minimum atomic E-state index is -0.427. The molecule has 4 heteroatoms. The van der Waals surface area contributed by atoms with Crippen molar-refractivity contribution in [3.63, 3.8) is 0 Å². The van der Waals surface area contributed by atoms with E-state index in [0.29, 0.717) is 6.04 Å². The van der Waals surface area contributed by atoms with Gasteiger partial charge in [0, 0.05) is 38.8 Å². The number of nitrogens with zero attached hydrogens (tertiary/aromatic N) is 3. The molecule has 1 rings (SSSR count). The molecule has 0 bridgehead atoms. The second-order valence-corrected chi connectivity index (χ2v) is 5.32. The Morgan fingerprint density at radius 1 is 1.31 bits per heavy atom. The topological polar surface area (TPSA) is 42.3 Å². The Balaban J connectivity index is 2.47. The molecule has 92 valence electrons. The van der Waals surface area contributed by atoms with Crippen LogP contribution in [0.2, 0.25) is 0 Å². The summed E-state index contributed by atoms with van der Waals surface area (Å²) in [5.41, 5.74) is -0.427. The van der Waals surface area contributed by atoms with Crippen molar-refractivity contribution in [2.75, 3.05) is 39.8 Å². The highest BCUT2D eigenvalue weighted by Gasteiger charge is 2.28. The van der Waals surface area contributed by atoms with E-state index >= 15 is 0 Å². The average Bonchev–Trinajstić information content (AvgIpc) is 2.20. The van der Waals surface area contributed by atoms with Crippen molar-refractivity contribution in [3.05, 3.63) is 0 Å². The van der Waals surface area contributed by atoms with Gasteiger partial charge in [-0.3, -0.25) is 10.2 Å². The van der Waals surface area contributed by atoms with Gasteiger partial charge in [0.05, 0.1) is 6.07 Å². The summed E-state index contributed by atoms with van der Waals surface area (Å²) >= 11 is 0. The van der Waals surface area contributed by atoms with Crippen molar-refractivity contribution in [2.45, 2.75) is 32.4 Å². The lowest BCUT2D eigenvalue weighted by Gasteiger charge is -2.37. The maximum absolute atomic E-state index is 9.27. The third-order valence-electron chi connectivity index (χ3n) is 2.99. The first-order valence-corrected chi connectivity index (χ1v) is 6.05. The summed E-state index contributed by atoms with van der Waals surface area (Å²) in [5, 5.41) is 12.6. The molecule has 0 aromatic heterocycles. The van der Waals surface area contributed by atoms with E-state index < -0.39 is 5.54 Å². The van der Waals surface area contributed by atoms with Crippen LogP contribution in [-0.2, 0) is 0 Å². The molecule has 0 aromatic carbocycles. The van der Waals surface area contributed by atoms with Crippen LogP contribution in [-0.4, -0.2) is 61.2 Å². The van der Waals surface area contributed by atoms with Crippen LogP contribution in [0, 0.1) is 11.3 Å². The Morgan fingerprint density at radius 3 is 2.31 bits per heavy atom. The summed E-state index contributed by atoms with van der Waals surface area (Å²) in [6, 6.07) is 2.75. The first kappa shape index (κ1) is 13.4. The van der Waals surface area contributed by atoms with Gasteiger partial charge in [-0.15, -0.1) is 0 Å². The smallest absolute Gasteiger partial charge is 0.116 e. The van der Waals surface area contributed by atoms with Gasteiger partial charge in [-0.2, -0.15) is 5.26 Å². The standard InChI is InChI=1S/C12H24N4/c1-11(2)14-12(3,9-13)10-16-7-5-15(4)6-8-16/h11,14H,5-8,10H2,1-4H3. The lowest BCUT2D eigenvalue weighted by Crippen LogP contribution is -2.56. The fourth-order valence-electron chi connectivity index (χ4n) is 2.20. The van der Waals surface area contributed by atoms with E-state index in [1.807, 2.05) is 6.92 Å². The predicted octanol–water partition coefficient (Wildman–Crippen LogP) is 0.514. The number of likely N-dealkylation sites (N-methyl/N-ethyl adjacent to an activating group) is 1. The Kier molecular flexibility index (Phi) is 4.72. The lowest BCUT2D eigenvalue weighted by atomic mass is 10.0. The van der Waals surface area contributed by atoms with Crippen LogP contribution < -0.4 is 5.32 Å². The molecule has 1 aliphatic heterocycles. The van der Waals surface area contributed by atoms with Gasteiger partial charge in [0.1, 0.15) is 5.54 Å². The average molecular weight is 224 g/mol. The second kappa shape index (κ2) is 5.62. The fraction of sp³-hybridized carbons (Fsp3) is 0.917. The van der Waals surface area contributed by atoms with Gasteiger partial charge < -0.3 is 4.90 Å². The van der Waals surface area contributed by atoms with Crippen LogP contribution in [0.25, 0.3) is 0 Å². The molecule has 1 N–H and O–H groups in total. The summed E-state index contributed by atoms with van der Waals surface area (Å²) in [4.78, 5) is 4.70. The third kappa shape index (κ3) is 4.09. The molecule has 1 saturated heterocycles. The molecule has 4 nitrogen and oxygen atoms in total. The Labute approximate surface area is 99.2 Å². The monoisotopic (exact) mass is 224 g/mol. The van der Waals surface area contributed by atoms with Crippen LogP contribution in [0.5, 0.6) is 0 Å². The number of hydrogen-bond donors (Lipinski definition) is 1. The van der Waals surface area contributed by atoms with Gasteiger partial charge in [-0.05, 0) is 27.8 Å². The summed E-state index contributed by atoms with van der Waals surface area (Å²) < 4.78 is 0. The van der Waals surface area contributed by atoms with E-state index in [-0.39, 0.29) is 0 Å². The molecule has 0 saturated carbocycles. The summed E-state index contributed by atoms with van der Waals surface area (Å²) in [7, 11) is 2.15. The van der Waals surface area contributed by atoms with Crippen LogP contribution in [0.3, 0.4) is 0 Å². The molecular formula is C12H24N4. The molecule has 0 spiro atoms. The first-order valence-electron chi connectivity index (χ1n) is 6.05. The number of nitriles is 1. The van der Waals surface area contributed by atoms with E-state index in [0.717, 1.165) is 32.7 Å². The van der Waals surface area contributed by atoms with Crippen LogP contribution in [0.4, 0.5) is 0 Å². The Morgan fingerprint density at radius 2 is 1.88 bits per heavy atom. The van der Waals surface area contributed by atoms with E-state index in [1.54, 1.807) is 0 Å². The minimum Gasteiger partial charge on any atom is -0.304 e. The lowest BCUT2D eigenvalue weighted by molar-refractivity contribution is 0.130. The molecule has 0 amide bonds. The normalized spacial score (nSPS) is 23.0. The molecule has 16 heavy (non-hydrogen) atoms. The van der Waals surface area contributed by atoms with Crippen LogP contribution in [0.15, 0.2) is 0 Å². The van der Waals surface area contributed by atoms with E-state index in [4.69, 9.17) is 0 Å². The second-order valence-electron chi connectivity index (χ2n) is 5.32. The van der Waals surface area contributed by atoms with E-state index in [2.05, 4.69) is 42.1 Å². The zero-order chi connectivity index (χ0) is 12.2. The SMILES string of the molecule is CC(C)NC(C)(C#N)CN1CCN(C)CC1. The Hall–Kier alpha value is -0.630. The molecule has 1 atom stereocenters. The number of rotatable bonds is 4. The minimum absolute atomic E-state index is 0.345.